The minimum atomic E-state index is -0.439. The number of alkyl halides is 1. The molecule has 18 heavy (non-hydrogen) atoms. The molecule has 0 atom stereocenters. The second-order valence-corrected chi connectivity index (χ2v) is 4.55. The molecule has 0 bridgehead atoms. The predicted octanol–water partition coefficient (Wildman–Crippen LogP) is 3.98. The lowest BCUT2D eigenvalue weighted by atomic mass is 10.1. The molecule has 1 aromatic carbocycles. The van der Waals surface area contributed by atoms with E-state index in [2.05, 4.69) is 0 Å². The number of hydrogen-bond acceptors (Lipinski definition) is 3. The first-order chi connectivity index (χ1) is 8.51. The van der Waals surface area contributed by atoms with Crippen LogP contribution in [0.2, 0.25) is 10.0 Å². The lowest BCUT2D eigenvalue weighted by molar-refractivity contribution is -0.145. The average molecular weight is 312 g/mol. The summed E-state index contributed by atoms with van der Waals surface area (Å²) in [4.78, 5) is 11.2. The molecule has 0 saturated carbocycles. The van der Waals surface area contributed by atoms with Gasteiger partial charge in [0.1, 0.15) is 5.75 Å². The van der Waals surface area contributed by atoms with Crippen LogP contribution in [0.3, 0.4) is 0 Å². The number of carbonyl (C=O) groups is 1. The molecule has 3 nitrogen and oxygen atoms in total. The number of benzene rings is 1. The van der Waals surface area contributed by atoms with Crippen molar-refractivity contribution in [1.82, 2.24) is 0 Å². The molecular weight excluding hydrogens is 298 g/mol. The van der Waals surface area contributed by atoms with Crippen molar-refractivity contribution in [2.24, 2.45) is 0 Å². The van der Waals surface area contributed by atoms with Crippen molar-refractivity contribution in [1.29, 1.82) is 0 Å². The fourth-order valence-corrected chi connectivity index (χ4v) is 2.35. The molecule has 0 spiro atoms. The van der Waals surface area contributed by atoms with Crippen LogP contribution >= 0.6 is 34.8 Å². The van der Waals surface area contributed by atoms with Gasteiger partial charge < -0.3 is 9.47 Å². The average Bonchev–Trinajstić information content (AvgIpc) is 2.33. The molecule has 0 heterocycles. The summed E-state index contributed by atoms with van der Waals surface area (Å²) in [5, 5.41) is 0.871. The van der Waals surface area contributed by atoms with E-state index in [1.54, 1.807) is 19.9 Å². The third-order valence-electron chi connectivity index (χ3n) is 2.29. The lowest BCUT2D eigenvalue weighted by Gasteiger charge is -2.13. The summed E-state index contributed by atoms with van der Waals surface area (Å²) in [6.45, 7) is 3.64. The maximum absolute atomic E-state index is 11.2. The van der Waals surface area contributed by atoms with Gasteiger partial charge in [0, 0.05) is 11.1 Å². The zero-order valence-electron chi connectivity index (χ0n) is 10.1. The van der Waals surface area contributed by atoms with E-state index in [1.807, 2.05) is 0 Å². The van der Waals surface area contributed by atoms with Crippen LogP contribution in [0.15, 0.2) is 6.07 Å². The van der Waals surface area contributed by atoms with Crippen LogP contribution < -0.4 is 4.74 Å². The van der Waals surface area contributed by atoms with Gasteiger partial charge in [-0.25, -0.2) is 4.79 Å². The Morgan fingerprint density at radius 3 is 2.61 bits per heavy atom. The Kier molecular flexibility index (Phi) is 6.06. The molecule has 0 aromatic heterocycles. The Hall–Kier alpha value is -0.640. The lowest BCUT2D eigenvalue weighted by Crippen LogP contribution is -2.15. The van der Waals surface area contributed by atoms with E-state index in [0.717, 1.165) is 0 Å². The molecule has 0 radical (unpaired) electrons. The highest BCUT2D eigenvalue weighted by atomic mass is 35.5. The summed E-state index contributed by atoms with van der Waals surface area (Å²) >= 11 is 17.9. The number of carbonyl (C=O) groups excluding carboxylic acids is 1. The van der Waals surface area contributed by atoms with Crippen molar-refractivity contribution in [2.75, 3.05) is 13.2 Å². The minimum Gasteiger partial charge on any atom is -0.482 e. The monoisotopic (exact) mass is 310 g/mol. The smallest absolute Gasteiger partial charge is 0.344 e. The van der Waals surface area contributed by atoms with Crippen LogP contribution in [0.4, 0.5) is 0 Å². The van der Waals surface area contributed by atoms with Gasteiger partial charge in [-0.3, -0.25) is 0 Å². The highest BCUT2D eigenvalue weighted by Gasteiger charge is 2.14. The number of hydrogen-bond donors (Lipinski definition) is 0. The topological polar surface area (TPSA) is 35.5 Å². The molecule has 0 aliphatic heterocycles. The quantitative estimate of drug-likeness (QED) is 0.609. The molecule has 0 N–H and O–H groups in total. The summed E-state index contributed by atoms with van der Waals surface area (Å²) in [5.74, 6) is 0.230. The number of rotatable bonds is 5. The van der Waals surface area contributed by atoms with E-state index in [4.69, 9.17) is 44.3 Å². The van der Waals surface area contributed by atoms with E-state index < -0.39 is 5.97 Å². The van der Waals surface area contributed by atoms with E-state index in [-0.39, 0.29) is 12.5 Å². The second-order valence-electron chi connectivity index (χ2n) is 3.50. The summed E-state index contributed by atoms with van der Waals surface area (Å²) in [7, 11) is 0. The Balaban J connectivity index is 2.88. The van der Waals surface area contributed by atoms with Crippen LogP contribution in [-0.2, 0) is 15.4 Å². The summed E-state index contributed by atoms with van der Waals surface area (Å²) in [6, 6.07) is 1.60. The summed E-state index contributed by atoms with van der Waals surface area (Å²) in [5.41, 5.74) is 1.35. The van der Waals surface area contributed by atoms with Crippen molar-refractivity contribution in [3.8, 4) is 5.75 Å². The summed E-state index contributed by atoms with van der Waals surface area (Å²) in [6.07, 6.45) is 0. The fourth-order valence-electron chi connectivity index (χ4n) is 1.36. The normalized spacial score (nSPS) is 10.3. The van der Waals surface area contributed by atoms with Crippen LogP contribution in [-0.4, -0.2) is 19.2 Å². The molecule has 0 saturated heterocycles. The standard InChI is InChI=1S/C12H13Cl3O3/c1-3-17-11(16)6-18-10-4-9(14)8(5-13)12(15)7(10)2/h4H,3,5-6H2,1-2H3. The van der Waals surface area contributed by atoms with Gasteiger partial charge in [-0.1, -0.05) is 23.2 Å². The molecule has 100 valence electrons. The first-order valence-corrected chi connectivity index (χ1v) is 6.62. The van der Waals surface area contributed by atoms with Crippen molar-refractivity contribution < 1.29 is 14.3 Å². The minimum absolute atomic E-state index is 0.179. The number of halogens is 3. The molecule has 0 unspecified atom stereocenters. The Morgan fingerprint density at radius 1 is 1.39 bits per heavy atom. The first-order valence-electron chi connectivity index (χ1n) is 5.33. The molecule has 1 aromatic rings. The molecular formula is C12H13Cl3O3. The van der Waals surface area contributed by atoms with Crippen molar-refractivity contribution >= 4 is 40.8 Å². The zero-order chi connectivity index (χ0) is 13.7. The van der Waals surface area contributed by atoms with Crippen molar-refractivity contribution in [3.63, 3.8) is 0 Å². The highest BCUT2D eigenvalue weighted by molar-refractivity contribution is 6.37. The SMILES string of the molecule is CCOC(=O)COc1cc(Cl)c(CCl)c(Cl)c1C. The Bertz CT molecular complexity index is 447. The van der Waals surface area contributed by atoms with Gasteiger partial charge in [0.05, 0.1) is 22.5 Å². The van der Waals surface area contributed by atoms with Crippen LogP contribution in [0.1, 0.15) is 18.1 Å². The third kappa shape index (κ3) is 3.67. The Morgan fingerprint density at radius 2 is 2.06 bits per heavy atom. The molecule has 0 aliphatic carbocycles. The fraction of sp³-hybridized carbons (Fsp3) is 0.417. The molecule has 0 fully saturated rings. The van der Waals surface area contributed by atoms with Crippen LogP contribution in [0.5, 0.6) is 5.75 Å². The summed E-state index contributed by atoms with van der Waals surface area (Å²) < 4.78 is 10.1. The largest absolute Gasteiger partial charge is 0.482 e. The Labute approximate surface area is 121 Å². The van der Waals surface area contributed by atoms with Gasteiger partial charge in [0.2, 0.25) is 0 Å². The van der Waals surface area contributed by atoms with E-state index in [1.165, 1.54) is 0 Å². The van der Waals surface area contributed by atoms with Gasteiger partial charge in [0.25, 0.3) is 0 Å². The molecule has 1 rings (SSSR count). The first kappa shape index (κ1) is 15.4. The van der Waals surface area contributed by atoms with E-state index in [9.17, 15) is 4.79 Å². The van der Waals surface area contributed by atoms with Gasteiger partial charge in [-0.2, -0.15) is 0 Å². The maximum Gasteiger partial charge on any atom is 0.344 e. The molecule has 0 amide bonds. The maximum atomic E-state index is 11.2. The van der Waals surface area contributed by atoms with Crippen LogP contribution in [0.25, 0.3) is 0 Å². The van der Waals surface area contributed by atoms with E-state index >= 15 is 0 Å². The number of ether oxygens (including phenoxy) is 2. The van der Waals surface area contributed by atoms with Crippen LogP contribution in [0, 0.1) is 6.92 Å². The van der Waals surface area contributed by atoms with Gasteiger partial charge >= 0.3 is 5.97 Å². The highest BCUT2D eigenvalue weighted by Crippen LogP contribution is 2.35. The third-order valence-corrected chi connectivity index (χ3v) is 3.41. The van der Waals surface area contributed by atoms with Gasteiger partial charge in [0.15, 0.2) is 6.61 Å². The second kappa shape index (κ2) is 7.07. The number of esters is 1. The molecule has 0 aliphatic rings. The predicted molar refractivity (Wildman–Crippen MR) is 72.9 cm³/mol. The zero-order valence-corrected chi connectivity index (χ0v) is 12.3. The molecule has 6 heteroatoms. The van der Waals surface area contributed by atoms with Crippen molar-refractivity contribution in [2.45, 2.75) is 19.7 Å². The van der Waals surface area contributed by atoms with E-state index in [0.29, 0.717) is 33.5 Å². The van der Waals surface area contributed by atoms with Crippen molar-refractivity contribution in [3.05, 3.63) is 27.2 Å². The van der Waals surface area contributed by atoms with Gasteiger partial charge in [-0.05, 0) is 19.9 Å². The van der Waals surface area contributed by atoms with Gasteiger partial charge in [-0.15, -0.1) is 11.6 Å².